The maximum Gasteiger partial charge on any atom is 0.330 e. The van der Waals surface area contributed by atoms with Gasteiger partial charge in [-0.25, -0.2) is 9.59 Å². The van der Waals surface area contributed by atoms with Crippen LogP contribution in [0.15, 0.2) is 96.1 Å². The second-order valence-corrected chi connectivity index (χ2v) is 12.5. The van der Waals surface area contributed by atoms with Crippen molar-refractivity contribution in [1.82, 2.24) is 16.0 Å². The van der Waals surface area contributed by atoms with Gasteiger partial charge in [-0.15, -0.1) is 0 Å². The lowest BCUT2D eigenvalue weighted by molar-refractivity contribution is -0.147. The average molecular weight is 619 g/mol. The first-order valence-corrected chi connectivity index (χ1v) is 16.2. The Morgan fingerprint density at radius 2 is 1.63 bits per heavy atom. The van der Waals surface area contributed by atoms with Crippen LogP contribution in [0.25, 0.3) is 0 Å². The first kappa shape index (κ1) is 31.1. The molecule has 8 nitrogen and oxygen atoms in total. The van der Waals surface area contributed by atoms with Gasteiger partial charge < -0.3 is 25.6 Å². The van der Waals surface area contributed by atoms with Gasteiger partial charge in [0.25, 0.3) is 5.91 Å². The van der Waals surface area contributed by atoms with Gasteiger partial charge in [-0.2, -0.15) is 0 Å². The molecule has 3 aromatic rings. The third-order valence-electron chi connectivity index (χ3n) is 9.28. The zero-order valence-corrected chi connectivity index (χ0v) is 26.6. The van der Waals surface area contributed by atoms with Crippen LogP contribution in [0.3, 0.4) is 0 Å². The highest BCUT2D eigenvalue weighted by atomic mass is 16.5. The van der Waals surface area contributed by atoms with Crippen molar-refractivity contribution in [2.24, 2.45) is 0 Å². The van der Waals surface area contributed by atoms with Crippen LogP contribution in [0, 0.1) is 13.8 Å². The van der Waals surface area contributed by atoms with E-state index in [-0.39, 0.29) is 31.1 Å². The second-order valence-electron chi connectivity index (χ2n) is 12.5. The Morgan fingerprint density at radius 1 is 0.935 bits per heavy atom. The molecule has 0 saturated carbocycles. The Morgan fingerprint density at radius 3 is 2.35 bits per heavy atom. The molecule has 2 atom stereocenters. The molecule has 0 aromatic heterocycles. The number of anilines is 1. The number of nitrogens with one attached hydrogen (secondary N) is 3. The van der Waals surface area contributed by atoms with Crippen molar-refractivity contribution in [2.75, 3.05) is 24.5 Å². The molecule has 46 heavy (non-hydrogen) atoms. The Balaban J connectivity index is 1.11. The lowest BCUT2D eigenvalue weighted by atomic mass is 9.90. The number of amides is 3. The average Bonchev–Trinajstić information content (AvgIpc) is 3.44. The van der Waals surface area contributed by atoms with Crippen molar-refractivity contribution < 1.29 is 19.1 Å². The number of carbonyl (C=O) groups excluding carboxylic acids is 3. The van der Waals surface area contributed by atoms with E-state index in [1.54, 1.807) is 0 Å². The van der Waals surface area contributed by atoms with E-state index in [9.17, 15) is 14.4 Å². The van der Waals surface area contributed by atoms with Gasteiger partial charge in [-0.1, -0.05) is 78.4 Å². The van der Waals surface area contributed by atoms with Gasteiger partial charge in [0.2, 0.25) is 0 Å². The minimum Gasteiger partial charge on any atom is -0.459 e. The Bertz CT molecular complexity index is 1620. The molecule has 238 valence electrons. The zero-order chi connectivity index (χ0) is 32.0. The summed E-state index contributed by atoms with van der Waals surface area (Å²) < 4.78 is 5.59. The molecule has 0 radical (unpaired) electrons. The molecule has 3 aliphatic rings. The van der Waals surface area contributed by atoms with E-state index in [4.69, 9.17) is 4.74 Å². The summed E-state index contributed by atoms with van der Waals surface area (Å²) in [6.45, 7) is 5.64. The number of urea groups is 1. The number of nitrogens with zero attached hydrogens (tertiary/aromatic N) is 1. The van der Waals surface area contributed by atoms with Gasteiger partial charge >= 0.3 is 12.0 Å². The van der Waals surface area contributed by atoms with Crippen LogP contribution in [-0.2, 0) is 16.1 Å². The number of benzene rings is 3. The molecule has 3 N–H and O–H groups in total. The highest BCUT2D eigenvalue weighted by Gasteiger charge is 2.31. The summed E-state index contributed by atoms with van der Waals surface area (Å²) in [4.78, 5) is 42.3. The molecular formula is C38H42N4O4. The van der Waals surface area contributed by atoms with Crippen molar-refractivity contribution in [3.8, 4) is 0 Å². The van der Waals surface area contributed by atoms with Crippen LogP contribution >= 0.6 is 0 Å². The molecule has 1 heterocycles. The maximum atomic E-state index is 13.7. The summed E-state index contributed by atoms with van der Waals surface area (Å²) in [6.07, 6.45) is 8.18. The van der Waals surface area contributed by atoms with Crippen molar-refractivity contribution >= 4 is 23.6 Å². The molecule has 3 aromatic carbocycles. The molecule has 1 unspecified atom stereocenters. The van der Waals surface area contributed by atoms with Crippen LogP contribution in [0.4, 0.5) is 10.5 Å². The van der Waals surface area contributed by atoms with Crippen LogP contribution in [0.5, 0.6) is 0 Å². The highest BCUT2D eigenvalue weighted by Crippen LogP contribution is 2.34. The zero-order valence-electron chi connectivity index (χ0n) is 26.6. The van der Waals surface area contributed by atoms with Crippen LogP contribution in [0.1, 0.15) is 64.2 Å². The molecule has 3 amide bonds. The summed E-state index contributed by atoms with van der Waals surface area (Å²) in [5.74, 6) is -0.504. The molecule has 2 aliphatic carbocycles. The SMILES string of the molecule is Cc1cc(N2CC(c3ccccc3)C2)cc(C)c1C(=O)N[C@@H](CNC(=O)NC1CCC2=C1C=CCC2)C(=O)OCc1ccccc1. The fourth-order valence-electron chi connectivity index (χ4n) is 6.75. The number of aryl methyl sites for hydroxylation is 2. The normalized spacial score (nSPS) is 18.0. The summed E-state index contributed by atoms with van der Waals surface area (Å²) in [6, 6.07) is 22.4. The number of esters is 1. The lowest BCUT2D eigenvalue weighted by Crippen LogP contribution is -2.52. The Hall–Kier alpha value is -4.85. The molecule has 1 aliphatic heterocycles. The van der Waals surface area contributed by atoms with Gasteiger partial charge in [0.15, 0.2) is 0 Å². The molecule has 0 bridgehead atoms. The smallest absolute Gasteiger partial charge is 0.330 e. The third-order valence-corrected chi connectivity index (χ3v) is 9.28. The number of ether oxygens (including phenoxy) is 1. The van der Waals surface area contributed by atoms with Crippen LogP contribution in [-0.4, -0.2) is 49.6 Å². The van der Waals surface area contributed by atoms with Gasteiger partial charge in [-0.3, -0.25) is 4.79 Å². The van der Waals surface area contributed by atoms with Crippen molar-refractivity contribution in [1.29, 1.82) is 0 Å². The molecule has 6 rings (SSSR count). The standard InChI is InChI=1S/C38H42N4O4/c1-25-19-31(42-22-30(23-42)28-13-7-4-8-14-28)20-26(2)35(25)36(43)40-34(37(44)46-24-27-11-5-3-6-12-27)21-39-38(45)41-33-18-17-29-15-9-10-16-32(29)33/h3-8,10-14,16,19-20,30,33-34H,9,15,17-18,21-24H2,1-2H3,(H,40,43)(H2,39,41,45)/t33?,34-/m0/s1. The monoisotopic (exact) mass is 618 g/mol. The van der Waals surface area contributed by atoms with Gasteiger partial charge in [0.1, 0.15) is 12.6 Å². The van der Waals surface area contributed by atoms with Gasteiger partial charge in [0.05, 0.1) is 12.6 Å². The van der Waals surface area contributed by atoms with E-state index >= 15 is 0 Å². The number of hydrogen-bond acceptors (Lipinski definition) is 5. The number of carbonyl (C=O) groups is 3. The highest BCUT2D eigenvalue weighted by molar-refractivity contribution is 6.00. The van der Waals surface area contributed by atoms with E-state index in [1.807, 2.05) is 62.4 Å². The predicted octanol–water partition coefficient (Wildman–Crippen LogP) is 5.86. The first-order chi connectivity index (χ1) is 22.4. The van der Waals surface area contributed by atoms with E-state index in [0.717, 1.165) is 61.2 Å². The Labute approximate surface area is 270 Å². The topological polar surface area (TPSA) is 99.8 Å². The van der Waals surface area contributed by atoms with E-state index in [0.29, 0.717) is 11.5 Å². The lowest BCUT2D eigenvalue weighted by Gasteiger charge is -2.42. The fraction of sp³-hybridized carbons (Fsp3) is 0.342. The van der Waals surface area contributed by atoms with Crippen LogP contribution < -0.4 is 20.9 Å². The van der Waals surface area contributed by atoms with Crippen LogP contribution in [0.2, 0.25) is 0 Å². The fourth-order valence-corrected chi connectivity index (χ4v) is 6.75. The second kappa shape index (κ2) is 14.1. The minimum absolute atomic E-state index is 0.0529. The van der Waals surface area contributed by atoms with Crippen molar-refractivity contribution in [3.05, 3.63) is 124 Å². The van der Waals surface area contributed by atoms with E-state index < -0.39 is 12.0 Å². The van der Waals surface area contributed by atoms with Crippen molar-refractivity contribution in [2.45, 2.75) is 64.1 Å². The van der Waals surface area contributed by atoms with Gasteiger partial charge in [0, 0.05) is 30.3 Å². The number of allylic oxidation sites excluding steroid dienone is 2. The first-order valence-electron chi connectivity index (χ1n) is 16.2. The largest absolute Gasteiger partial charge is 0.459 e. The summed E-state index contributed by atoms with van der Waals surface area (Å²) in [7, 11) is 0. The number of hydrogen-bond donors (Lipinski definition) is 3. The molecule has 1 saturated heterocycles. The molecule has 0 spiro atoms. The molecule has 8 heteroatoms. The Kier molecular flexibility index (Phi) is 9.52. The maximum absolute atomic E-state index is 13.7. The quantitative estimate of drug-likeness (QED) is 0.248. The van der Waals surface area contributed by atoms with Crippen molar-refractivity contribution in [3.63, 3.8) is 0 Å². The predicted molar refractivity (Wildman–Crippen MR) is 180 cm³/mol. The summed E-state index contributed by atoms with van der Waals surface area (Å²) >= 11 is 0. The minimum atomic E-state index is -1.07. The number of rotatable bonds is 10. The van der Waals surface area contributed by atoms with E-state index in [2.05, 4.69) is 57.3 Å². The molecular weight excluding hydrogens is 576 g/mol. The summed E-state index contributed by atoms with van der Waals surface area (Å²) in [5.41, 5.74) is 8.01. The van der Waals surface area contributed by atoms with E-state index in [1.165, 1.54) is 16.7 Å². The molecule has 1 fully saturated rings. The summed E-state index contributed by atoms with van der Waals surface area (Å²) in [5, 5.41) is 8.71. The van der Waals surface area contributed by atoms with Gasteiger partial charge in [-0.05, 0) is 79.5 Å². The third kappa shape index (κ3) is 7.17.